The van der Waals surface area contributed by atoms with Crippen molar-refractivity contribution in [3.63, 3.8) is 0 Å². The van der Waals surface area contributed by atoms with E-state index in [4.69, 9.17) is 5.11 Å². The molecule has 0 radical (unpaired) electrons. The molecule has 25 heavy (non-hydrogen) atoms. The number of carbonyl (C=O) groups is 1. The molecule has 0 aliphatic rings. The summed E-state index contributed by atoms with van der Waals surface area (Å²) in [6, 6.07) is 19.0. The van der Waals surface area contributed by atoms with E-state index in [1.807, 2.05) is 47.2 Å². The third-order valence-electron chi connectivity index (χ3n) is 3.82. The second-order valence-corrected chi connectivity index (χ2v) is 5.64. The summed E-state index contributed by atoms with van der Waals surface area (Å²) in [6.07, 6.45) is 5.81. The van der Waals surface area contributed by atoms with Crippen LogP contribution in [0.5, 0.6) is 0 Å². The van der Waals surface area contributed by atoms with Gasteiger partial charge in [0.25, 0.3) is 0 Å². The van der Waals surface area contributed by atoms with Crippen molar-refractivity contribution in [2.24, 2.45) is 0 Å². The molecule has 1 heterocycles. The largest absolute Gasteiger partial charge is 0.478 e. The first-order chi connectivity index (χ1) is 12.1. The van der Waals surface area contributed by atoms with Crippen LogP contribution in [0.25, 0.3) is 12.2 Å². The number of carboxylic acids is 1. The van der Waals surface area contributed by atoms with Gasteiger partial charge in [-0.1, -0.05) is 24.3 Å². The highest BCUT2D eigenvalue weighted by molar-refractivity contribution is 5.87. The van der Waals surface area contributed by atoms with Gasteiger partial charge in [-0.25, -0.2) is 9.18 Å². The van der Waals surface area contributed by atoms with Crippen LogP contribution in [0.3, 0.4) is 0 Å². The van der Waals surface area contributed by atoms with E-state index in [0.717, 1.165) is 16.8 Å². The number of nitrogens with zero attached hydrogens (tertiary/aromatic N) is 1. The van der Waals surface area contributed by atoms with Crippen molar-refractivity contribution in [3.05, 3.63) is 101 Å². The molecule has 3 aromatic rings. The zero-order chi connectivity index (χ0) is 17.6. The third kappa shape index (κ3) is 4.38. The number of pyridine rings is 1. The molecule has 3 rings (SSSR count). The second kappa shape index (κ2) is 7.53. The zero-order valence-corrected chi connectivity index (χ0v) is 13.5. The molecule has 0 aliphatic carbocycles. The molecule has 124 valence electrons. The van der Waals surface area contributed by atoms with Crippen LogP contribution in [0.15, 0.2) is 72.9 Å². The van der Waals surface area contributed by atoms with Crippen molar-refractivity contribution in [2.45, 2.75) is 6.54 Å². The van der Waals surface area contributed by atoms with Gasteiger partial charge in [-0.15, -0.1) is 0 Å². The molecule has 0 amide bonds. The predicted octanol–water partition coefficient (Wildman–Crippen LogP) is 4.03. The summed E-state index contributed by atoms with van der Waals surface area (Å²) in [5, 5.41) is 9.12. The normalized spacial score (nSPS) is 10.9. The molecule has 0 spiro atoms. The van der Waals surface area contributed by atoms with E-state index in [2.05, 4.69) is 0 Å². The van der Waals surface area contributed by atoms with E-state index in [1.54, 1.807) is 30.3 Å². The maximum Gasteiger partial charge on any atom is 0.335 e. The molecular weight excluding hydrogens is 317 g/mol. The Morgan fingerprint density at radius 3 is 2.56 bits per heavy atom. The van der Waals surface area contributed by atoms with Gasteiger partial charge in [-0.05, 0) is 42.0 Å². The number of hydrogen-bond acceptors (Lipinski definition) is 1. The maximum absolute atomic E-state index is 13.0. The summed E-state index contributed by atoms with van der Waals surface area (Å²) >= 11 is 0. The van der Waals surface area contributed by atoms with Crippen LogP contribution in [0.4, 0.5) is 4.39 Å². The Morgan fingerprint density at radius 2 is 1.80 bits per heavy atom. The molecule has 0 bridgehead atoms. The van der Waals surface area contributed by atoms with Crippen LogP contribution in [-0.2, 0) is 6.54 Å². The molecule has 0 fully saturated rings. The van der Waals surface area contributed by atoms with Gasteiger partial charge in [0.2, 0.25) is 5.69 Å². The van der Waals surface area contributed by atoms with Gasteiger partial charge < -0.3 is 5.11 Å². The van der Waals surface area contributed by atoms with E-state index in [1.165, 1.54) is 12.1 Å². The van der Waals surface area contributed by atoms with Crippen LogP contribution in [0, 0.1) is 5.82 Å². The summed E-state index contributed by atoms with van der Waals surface area (Å²) in [4.78, 5) is 11.1. The average Bonchev–Trinajstić information content (AvgIpc) is 2.62. The number of carboxylic acid groups (broad SMARTS) is 1. The minimum absolute atomic E-state index is 0.259. The van der Waals surface area contributed by atoms with Gasteiger partial charge in [0.1, 0.15) is 5.82 Å². The van der Waals surface area contributed by atoms with E-state index in [-0.39, 0.29) is 11.4 Å². The lowest BCUT2D eigenvalue weighted by molar-refractivity contribution is -0.690. The van der Waals surface area contributed by atoms with Crippen molar-refractivity contribution in [1.29, 1.82) is 0 Å². The van der Waals surface area contributed by atoms with Crippen LogP contribution in [-0.4, -0.2) is 11.1 Å². The Labute approximate surface area is 145 Å². The fourth-order valence-corrected chi connectivity index (χ4v) is 2.54. The molecule has 0 saturated carbocycles. The molecule has 3 nitrogen and oxygen atoms in total. The quantitative estimate of drug-likeness (QED) is 0.716. The molecule has 2 aromatic carbocycles. The SMILES string of the molecule is O=C(O)c1cccc(C[n+]2ccccc2/C=C/c2ccc(F)cc2)c1. The first-order valence-electron chi connectivity index (χ1n) is 7.86. The zero-order valence-electron chi connectivity index (χ0n) is 13.5. The highest BCUT2D eigenvalue weighted by atomic mass is 19.1. The Kier molecular flexibility index (Phi) is 5.00. The Balaban J connectivity index is 1.85. The summed E-state index contributed by atoms with van der Waals surface area (Å²) in [5.41, 5.74) is 3.06. The van der Waals surface area contributed by atoms with Crippen molar-refractivity contribution < 1.29 is 18.9 Å². The summed E-state index contributed by atoms with van der Waals surface area (Å²) < 4.78 is 15.0. The highest BCUT2D eigenvalue weighted by Gasteiger charge is 2.10. The van der Waals surface area contributed by atoms with Crippen LogP contribution < -0.4 is 4.57 Å². The first-order valence-corrected chi connectivity index (χ1v) is 7.86. The monoisotopic (exact) mass is 334 g/mol. The molecule has 0 saturated heterocycles. The van der Waals surface area contributed by atoms with Gasteiger partial charge in [-0.3, -0.25) is 0 Å². The van der Waals surface area contributed by atoms with E-state index in [9.17, 15) is 9.18 Å². The van der Waals surface area contributed by atoms with Gasteiger partial charge in [0.05, 0.1) is 5.56 Å². The molecule has 4 heteroatoms. The molecule has 0 unspecified atom stereocenters. The smallest absolute Gasteiger partial charge is 0.335 e. The molecule has 1 N–H and O–H groups in total. The van der Waals surface area contributed by atoms with Crippen molar-refractivity contribution in [2.75, 3.05) is 0 Å². The lowest BCUT2D eigenvalue weighted by atomic mass is 10.1. The van der Waals surface area contributed by atoms with E-state index in [0.29, 0.717) is 6.54 Å². The summed E-state index contributed by atoms with van der Waals surface area (Å²) in [5.74, 6) is -1.19. The number of hydrogen-bond donors (Lipinski definition) is 1. The minimum Gasteiger partial charge on any atom is -0.478 e. The number of aromatic nitrogens is 1. The third-order valence-corrected chi connectivity index (χ3v) is 3.82. The maximum atomic E-state index is 13.0. The predicted molar refractivity (Wildman–Crippen MR) is 94.5 cm³/mol. The Bertz CT molecular complexity index is 917. The Hall–Kier alpha value is -3.27. The highest BCUT2D eigenvalue weighted by Crippen LogP contribution is 2.09. The fourth-order valence-electron chi connectivity index (χ4n) is 2.54. The standard InChI is InChI=1S/C21H16FNO2/c22-19-10-7-16(8-11-19)9-12-20-6-1-2-13-23(20)15-17-4-3-5-18(14-17)21(24)25/h1-14H,15H2/p+1/b12-9+. The van der Waals surface area contributed by atoms with Crippen LogP contribution in [0.2, 0.25) is 0 Å². The van der Waals surface area contributed by atoms with Gasteiger partial charge in [0.15, 0.2) is 12.7 Å². The van der Waals surface area contributed by atoms with Crippen molar-refractivity contribution >= 4 is 18.1 Å². The number of benzene rings is 2. The van der Waals surface area contributed by atoms with Crippen LogP contribution in [0.1, 0.15) is 27.2 Å². The van der Waals surface area contributed by atoms with E-state index >= 15 is 0 Å². The number of aromatic carboxylic acids is 1. The Morgan fingerprint density at radius 1 is 1.00 bits per heavy atom. The summed E-state index contributed by atoms with van der Waals surface area (Å²) in [6.45, 7) is 0.561. The lowest BCUT2D eigenvalue weighted by Crippen LogP contribution is -2.37. The van der Waals surface area contributed by atoms with Gasteiger partial charge in [0, 0.05) is 23.8 Å². The van der Waals surface area contributed by atoms with Gasteiger partial charge in [-0.2, -0.15) is 4.57 Å². The topological polar surface area (TPSA) is 41.2 Å². The van der Waals surface area contributed by atoms with Crippen LogP contribution >= 0.6 is 0 Å². The number of rotatable bonds is 5. The van der Waals surface area contributed by atoms with Crippen molar-refractivity contribution in [1.82, 2.24) is 0 Å². The molecule has 0 aliphatic heterocycles. The molecular formula is C21H17FNO2+. The average molecular weight is 334 g/mol. The first kappa shape index (κ1) is 16.6. The lowest BCUT2D eigenvalue weighted by Gasteiger charge is -2.02. The second-order valence-electron chi connectivity index (χ2n) is 5.64. The van der Waals surface area contributed by atoms with Crippen molar-refractivity contribution in [3.8, 4) is 0 Å². The molecule has 1 aromatic heterocycles. The van der Waals surface area contributed by atoms with Gasteiger partial charge >= 0.3 is 5.97 Å². The minimum atomic E-state index is -0.934. The number of halogens is 1. The van der Waals surface area contributed by atoms with E-state index < -0.39 is 5.97 Å². The summed E-state index contributed by atoms with van der Waals surface area (Å²) in [7, 11) is 0. The molecule has 0 atom stereocenters. The fraction of sp³-hybridized carbons (Fsp3) is 0.0476.